The predicted octanol–water partition coefficient (Wildman–Crippen LogP) is -1.57. The molecule has 54 heavy (non-hydrogen) atoms. The number of nitrogens with one attached hydrogen (secondary N) is 5. The van der Waals surface area contributed by atoms with E-state index in [-0.39, 0.29) is 91.4 Å². The summed E-state index contributed by atoms with van der Waals surface area (Å²) >= 11 is 0.00694. The first-order chi connectivity index (χ1) is 25.6. The molecule has 4 atom stereocenters. The van der Waals surface area contributed by atoms with Crippen LogP contribution in [0, 0.1) is 0 Å². The van der Waals surface area contributed by atoms with E-state index in [2.05, 4.69) is 26.6 Å². The van der Waals surface area contributed by atoms with Gasteiger partial charge < -0.3 is 66.0 Å². The first-order valence-corrected chi connectivity index (χ1v) is 19.9. The van der Waals surface area contributed by atoms with Crippen LogP contribution in [0.4, 0.5) is 0 Å². The van der Waals surface area contributed by atoms with Gasteiger partial charge in [0.05, 0.1) is 75.5 Å². The van der Waals surface area contributed by atoms with Crippen LogP contribution < -0.4 is 26.6 Å². The summed E-state index contributed by atoms with van der Waals surface area (Å²) < 4.78 is 21.1. The van der Waals surface area contributed by atoms with Crippen molar-refractivity contribution in [3.05, 3.63) is 0 Å². The Morgan fingerprint density at radius 2 is 0.685 bits per heavy atom. The Labute approximate surface area is 325 Å². The van der Waals surface area contributed by atoms with Crippen LogP contribution in [0.15, 0.2) is 0 Å². The van der Waals surface area contributed by atoms with E-state index in [0.717, 1.165) is 0 Å². The molecule has 0 aromatic heterocycles. The fraction of sp³-hybridized carbons (Fsp3) is 0.733. The normalized spacial score (nSPS) is 19.6. The molecule has 0 spiro atoms. The molecular weight excluding hydrogens is 812 g/mol. The van der Waals surface area contributed by atoms with Gasteiger partial charge in [0.15, 0.2) is 0 Å². The fourth-order valence-corrected chi connectivity index (χ4v) is 4.26. The molecule has 1 saturated heterocycles. The van der Waals surface area contributed by atoms with Gasteiger partial charge in [-0.15, -0.1) is 0 Å². The van der Waals surface area contributed by atoms with Gasteiger partial charge in [0.1, 0.15) is 26.4 Å². The van der Waals surface area contributed by atoms with Crippen molar-refractivity contribution in [3.63, 3.8) is 0 Å². The van der Waals surface area contributed by atoms with Gasteiger partial charge in [-0.2, -0.15) is 0 Å². The maximum atomic E-state index is 12.2. The summed E-state index contributed by atoms with van der Waals surface area (Å²) in [5, 5.41) is 51.4. The minimum absolute atomic E-state index is 0.00694. The second kappa shape index (κ2) is 32.0. The molecule has 0 unspecified atom stereocenters. The first-order valence-electron chi connectivity index (χ1n) is 16.7. The van der Waals surface area contributed by atoms with Gasteiger partial charge in [-0.3, -0.25) is 38.4 Å². The van der Waals surface area contributed by atoms with Crippen LogP contribution >= 0.6 is 20.2 Å². The zero-order valence-electron chi connectivity index (χ0n) is 29.4. The van der Waals surface area contributed by atoms with Crippen LogP contribution in [0.3, 0.4) is 0 Å². The van der Waals surface area contributed by atoms with Crippen LogP contribution in [0.5, 0.6) is 0 Å². The Balaban J connectivity index is 0.00000903. The average molecular weight is 862 g/mol. The van der Waals surface area contributed by atoms with Crippen LogP contribution in [0.1, 0.15) is 51.4 Å². The molecule has 1 aliphatic heterocycles. The van der Waals surface area contributed by atoms with Crippen molar-refractivity contribution in [2.75, 3.05) is 65.7 Å². The molecule has 9 N–H and O–H groups in total. The standard InChI is InChI=1S/C30H49N5O16.2ClH.Mn/c36-23(37)1-5-27(44)48-15-19-11-31-12-20(16-49-28(45)6-2-24(38)39)34-14-22(18-51-30(47)8-4-26(42)43)35-13-21(33-10-9-32-19)17-50-29(46)7-3-25(40)41;;;/h19-22,31-35H,1-18H2,(H,36,37)(H,38,39)(H,40,41)(H,42,43);2*1H;/q;;;+2/p-2/t19-,20-,21-,22+;;;/m1.../s1. The van der Waals surface area contributed by atoms with Crippen molar-refractivity contribution >= 4 is 68.0 Å². The quantitative estimate of drug-likeness (QED) is 0.0379. The average Bonchev–Trinajstić information content (AvgIpc) is 3.11. The molecule has 1 aliphatic rings. The summed E-state index contributed by atoms with van der Waals surface area (Å²) in [6, 6.07) is -2.17. The van der Waals surface area contributed by atoms with Crippen LogP contribution in [0.25, 0.3) is 0 Å². The Morgan fingerprint density at radius 3 is 0.963 bits per heavy atom. The zero-order valence-corrected chi connectivity index (χ0v) is 32.1. The number of hydrogen-bond acceptors (Lipinski definition) is 17. The fourth-order valence-electron chi connectivity index (χ4n) is 4.26. The number of aliphatic carboxylic acids is 4. The van der Waals surface area contributed by atoms with Crippen molar-refractivity contribution in [1.29, 1.82) is 0 Å². The van der Waals surface area contributed by atoms with E-state index >= 15 is 0 Å². The molecule has 311 valence electrons. The van der Waals surface area contributed by atoms with E-state index in [1.165, 1.54) is 0 Å². The zero-order chi connectivity index (χ0) is 40.7. The topological polar surface area (TPSA) is 315 Å². The van der Waals surface area contributed by atoms with E-state index in [0.29, 0.717) is 13.1 Å². The molecule has 24 heteroatoms. The third kappa shape index (κ3) is 31.1. The third-order valence-electron chi connectivity index (χ3n) is 7.03. The van der Waals surface area contributed by atoms with Gasteiger partial charge in [0.2, 0.25) is 0 Å². The third-order valence-corrected chi connectivity index (χ3v) is 7.03. The van der Waals surface area contributed by atoms with E-state index in [9.17, 15) is 38.4 Å². The number of halogens is 2. The summed E-state index contributed by atoms with van der Waals surface area (Å²) in [6.07, 6.45) is -3.00. The number of carboxylic acid groups (broad SMARTS) is 4. The Bertz CT molecular complexity index is 1190. The van der Waals surface area contributed by atoms with Crippen molar-refractivity contribution in [1.82, 2.24) is 26.6 Å². The molecule has 1 fully saturated rings. The number of carbonyl (C=O) groups excluding carboxylic acids is 4. The number of ether oxygens (including phenoxy) is 4. The molecular formula is C30H49Cl2MnN5O16. The summed E-state index contributed by atoms with van der Waals surface area (Å²) in [5.74, 6) is -7.57. The van der Waals surface area contributed by atoms with Gasteiger partial charge in [0, 0.05) is 39.3 Å². The summed E-state index contributed by atoms with van der Waals surface area (Å²) in [6.45, 7) is 0.630. The second-order valence-electron chi connectivity index (χ2n) is 11.5. The second-order valence-corrected chi connectivity index (χ2v) is 13.5. The molecule has 21 nitrogen and oxygen atoms in total. The van der Waals surface area contributed by atoms with Crippen molar-refractivity contribution in [2.45, 2.75) is 75.5 Å². The van der Waals surface area contributed by atoms with E-state index in [1.807, 2.05) is 0 Å². The van der Waals surface area contributed by atoms with Gasteiger partial charge >= 0.3 is 81.1 Å². The van der Waals surface area contributed by atoms with E-state index in [4.69, 9.17) is 59.6 Å². The Hall–Kier alpha value is -3.34. The van der Waals surface area contributed by atoms with Gasteiger partial charge in [0.25, 0.3) is 0 Å². The summed E-state index contributed by atoms with van der Waals surface area (Å²) in [7, 11) is 9.59. The van der Waals surface area contributed by atoms with E-state index in [1.54, 1.807) is 0 Å². The number of esters is 4. The molecule has 1 rings (SSSR count). The molecule has 0 amide bonds. The SMILES string of the molecule is O=C(O)CCC(=O)OC[C@H]1CNC[C@H](COC(=O)CCC(=O)O)NC[C@@H](COC(=O)CCC(=O)O)NC[C@H](COC(=O)CCC(=O)O)NCCN1.[Cl][Mn][Cl]. The van der Waals surface area contributed by atoms with Crippen molar-refractivity contribution in [3.8, 4) is 0 Å². The Morgan fingerprint density at radius 1 is 0.444 bits per heavy atom. The maximum absolute atomic E-state index is 12.2. The summed E-state index contributed by atoms with van der Waals surface area (Å²) in [5.41, 5.74) is 0. The number of carbonyl (C=O) groups is 8. The predicted molar refractivity (Wildman–Crippen MR) is 183 cm³/mol. The first kappa shape index (κ1) is 50.7. The Kier molecular flexibility index (Phi) is 30.0. The van der Waals surface area contributed by atoms with Crippen LogP contribution in [-0.4, -0.2) is 158 Å². The van der Waals surface area contributed by atoms with Crippen LogP contribution in [0.2, 0.25) is 0 Å². The van der Waals surface area contributed by atoms with Gasteiger partial charge in [-0.1, -0.05) is 0 Å². The monoisotopic (exact) mass is 860 g/mol. The number of carboxylic acids is 4. The molecule has 0 aliphatic carbocycles. The minimum atomic E-state index is -1.17. The molecule has 0 saturated carbocycles. The summed E-state index contributed by atoms with van der Waals surface area (Å²) in [4.78, 5) is 91.8. The molecule has 0 aromatic carbocycles. The van der Waals surface area contributed by atoms with Gasteiger partial charge in [-0.05, 0) is 0 Å². The van der Waals surface area contributed by atoms with Crippen molar-refractivity contribution in [2.24, 2.45) is 0 Å². The van der Waals surface area contributed by atoms with E-state index < -0.39 is 97.6 Å². The van der Waals surface area contributed by atoms with Gasteiger partial charge in [-0.25, -0.2) is 0 Å². The van der Waals surface area contributed by atoms with Crippen LogP contribution in [-0.2, 0) is 70.4 Å². The number of rotatable bonds is 20. The molecule has 0 bridgehead atoms. The molecule has 0 radical (unpaired) electrons. The number of hydrogen-bond donors (Lipinski definition) is 9. The van der Waals surface area contributed by atoms with Crippen molar-refractivity contribution < 1.29 is 90.9 Å². The molecule has 1 heterocycles. The molecule has 0 aromatic rings.